The number of pyridine rings is 1. The topological polar surface area (TPSA) is 96.6 Å². The molecule has 1 heterocycles. The van der Waals surface area contributed by atoms with Crippen LogP contribution >= 0.6 is 0 Å². The molecule has 2 aromatic rings. The number of carboxylic acid groups (broad SMARTS) is 1. The largest absolute Gasteiger partial charge is 0.480 e. The van der Waals surface area contributed by atoms with E-state index < -0.39 is 16.9 Å². The van der Waals surface area contributed by atoms with Gasteiger partial charge < -0.3 is 10.0 Å². The Labute approximate surface area is 121 Å². The number of benzene rings is 1. The summed E-state index contributed by atoms with van der Waals surface area (Å²) in [6.07, 6.45) is 0. The lowest BCUT2D eigenvalue weighted by Gasteiger charge is -2.25. The normalized spacial score (nSPS) is 12.1. The van der Waals surface area contributed by atoms with Crippen LogP contribution in [-0.4, -0.2) is 34.1 Å². The van der Waals surface area contributed by atoms with E-state index in [0.717, 1.165) is 0 Å². The van der Waals surface area contributed by atoms with Gasteiger partial charge in [0.25, 0.3) is 5.69 Å². The summed E-state index contributed by atoms with van der Waals surface area (Å²) in [7, 11) is 1.64. The summed E-state index contributed by atoms with van der Waals surface area (Å²) < 4.78 is 0. The molecule has 7 nitrogen and oxygen atoms in total. The maximum Gasteiger partial charge on any atom is 0.326 e. The van der Waals surface area contributed by atoms with Gasteiger partial charge in [-0.3, -0.25) is 10.1 Å². The number of rotatable bonds is 4. The fraction of sp³-hybridized carbons (Fsp3) is 0.286. The van der Waals surface area contributed by atoms with Gasteiger partial charge in [0.1, 0.15) is 6.04 Å². The molecule has 110 valence electrons. The highest BCUT2D eigenvalue weighted by Crippen LogP contribution is 2.32. The Hall–Kier alpha value is -2.70. The number of carboxylic acids is 1. The number of hydrogen-bond donors (Lipinski definition) is 1. The average Bonchev–Trinajstić information content (AvgIpc) is 2.43. The molecular weight excluding hydrogens is 274 g/mol. The number of likely N-dealkylation sites (N-methyl/N-ethyl adjacent to an activating group) is 1. The van der Waals surface area contributed by atoms with Gasteiger partial charge in [-0.1, -0.05) is 12.1 Å². The number of fused-ring (bicyclic) bond motifs is 1. The number of nitrogens with zero attached hydrogens (tertiary/aromatic N) is 3. The molecule has 0 fully saturated rings. The zero-order valence-corrected chi connectivity index (χ0v) is 11.9. The highest BCUT2D eigenvalue weighted by Gasteiger charge is 2.22. The molecule has 1 atom stereocenters. The van der Waals surface area contributed by atoms with Crippen molar-refractivity contribution in [3.05, 3.63) is 40.1 Å². The summed E-state index contributed by atoms with van der Waals surface area (Å²) in [6, 6.07) is 5.63. The zero-order valence-electron chi connectivity index (χ0n) is 11.9. The van der Waals surface area contributed by atoms with Crippen molar-refractivity contribution in [2.24, 2.45) is 0 Å². The minimum Gasteiger partial charge on any atom is -0.480 e. The number of carbonyl (C=O) groups is 1. The van der Waals surface area contributed by atoms with E-state index in [4.69, 9.17) is 5.11 Å². The number of aliphatic carboxylic acids is 1. The number of nitro benzene ring substituents is 1. The Kier molecular flexibility index (Phi) is 3.75. The zero-order chi connectivity index (χ0) is 15.7. The maximum absolute atomic E-state index is 11.1. The SMILES string of the molecule is Cc1cc(N(C)C(C)C(=O)O)c2cccc([N+](=O)[O-])c2n1. The number of nitro groups is 1. The molecule has 0 saturated heterocycles. The number of non-ortho nitro benzene ring substituents is 1. The molecule has 0 aliphatic heterocycles. The fourth-order valence-corrected chi connectivity index (χ4v) is 2.15. The summed E-state index contributed by atoms with van der Waals surface area (Å²) in [5.41, 5.74) is 1.38. The van der Waals surface area contributed by atoms with Crippen molar-refractivity contribution in [1.82, 2.24) is 4.98 Å². The third-order valence-corrected chi connectivity index (χ3v) is 3.44. The summed E-state index contributed by atoms with van der Waals surface area (Å²) in [6.45, 7) is 3.28. The molecule has 0 amide bonds. The van der Waals surface area contributed by atoms with Gasteiger partial charge >= 0.3 is 5.97 Å². The smallest absolute Gasteiger partial charge is 0.326 e. The summed E-state index contributed by atoms with van der Waals surface area (Å²) in [5, 5.41) is 20.8. The Balaban J connectivity index is 2.73. The minimum atomic E-state index is -0.967. The quantitative estimate of drug-likeness (QED) is 0.685. The Bertz CT molecular complexity index is 729. The van der Waals surface area contributed by atoms with Crippen molar-refractivity contribution in [1.29, 1.82) is 0 Å². The van der Waals surface area contributed by atoms with E-state index >= 15 is 0 Å². The van der Waals surface area contributed by atoms with Gasteiger partial charge in [-0.15, -0.1) is 0 Å². The van der Waals surface area contributed by atoms with Crippen LogP contribution in [0.2, 0.25) is 0 Å². The van der Waals surface area contributed by atoms with Gasteiger partial charge in [0, 0.05) is 29.9 Å². The van der Waals surface area contributed by atoms with Crippen molar-refractivity contribution in [2.45, 2.75) is 19.9 Å². The van der Waals surface area contributed by atoms with Crippen molar-refractivity contribution in [3.63, 3.8) is 0 Å². The predicted octanol–water partition coefficient (Wildman–Crippen LogP) is 2.36. The van der Waals surface area contributed by atoms with E-state index in [1.54, 1.807) is 44.0 Å². The second-order valence-corrected chi connectivity index (χ2v) is 4.84. The monoisotopic (exact) mass is 289 g/mol. The maximum atomic E-state index is 11.1. The van der Waals surface area contributed by atoms with Gasteiger partial charge in [-0.05, 0) is 19.9 Å². The summed E-state index contributed by atoms with van der Waals surface area (Å²) in [5.74, 6) is -0.967. The van der Waals surface area contributed by atoms with Gasteiger partial charge in [0.05, 0.1) is 4.92 Å². The number of anilines is 1. The number of aryl methyl sites for hydroxylation is 1. The second-order valence-electron chi connectivity index (χ2n) is 4.84. The average molecular weight is 289 g/mol. The van der Waals surface area contributed by atoms with Crippen LogP contribution < -0.4 is 4.90 Å². The molecule has 21 heavy (non-hydrogen) atoms. The molecule has 0 bridgehead atoms. The van der Waals surface area contributed by atoms with Crippen LogP contribution in [0.25, 0.3) is 10.9 Å². The standard InChI is InChI=1S/C14H15N3O4/c1-8-7-12(16(3)9(2)14(18)19)10-5-4-6-11(17(20)21)13(10)15-8/h4-7,9H,1-3H3,(H,18,19). The molecule has 1 aromatic carbocycles. The van der Waals surface area contributed by atoms with Crippen molar-refractivity contribution in [3.8, 4) is 0 Å². The lowest BCUT2D eigenvalue weighted by Crippen LogP contribution is -2.36. The number of para-hydroxylation sites is 1. The van der Waals surface area contributed by atoms with Crippen molar-refractivity contribution >= 4 is 28.2 Å². The highest BCUT2D eigenvalue weighted by atomic mass is 16.6. The van der Waals surface area contributed by atoms with Gasteiger partial charge in [0.2, 0.25) is 0 Å². The van der Waals surface area contributed by atoms with Crippen molar-refractivity contribution < 1.29 is 14.8 Å². The van der Waals surface area contributed by atoms with Gasteiger partial charge in [-0.2, -0.15) is 0 Å². The molecule has 0 radical (unpaired) electrons. The van der Waals surface area contributed by atoms with Crippen LogP contribution in [0.15, 0.2) is 24.3 Å². The molecule has 1 unspecified atom stereocenters. The number of aromatic nitrogens is 1. The van der Waals surface area contributed by atoms with Crippen LogP contribution in [0, 0.1) is 17.0 Å². The first-order valence-electron chi connectivity index (χ1n) is 6.33. The molecule has 0 spiro atoms. The molecule has 0 aliphatic rings. The first-order chi connectivity index (χ1) is 9.82. The first kappa shape index (κ1) is 14.7. The Morgan fingerprint density at radius 2 is 2.14 bits per heavy atom. The first-order valence-corrected chi connectivity index (χ1v) is 6.33. The molecule has 7 heteroatoms. The molecule has 1 aromatic heterocycles. The van der Waals surface area contributed by atoms with Crippen molar-refractivity contribution in [2.75, 3.05) is 11.9 Å². The van der Waals surface area contributed by atoms with Crippen LogP contribution in [0.4, 0.5) is 11.4 Å². The number of hydrogen-bond acceptors (Lipinski definition) is 5. The molecule has 1 N–H and O–H groups in total. The van der Waals surface area contributed by atoms with E-state index in [9.17, 15) is 14.9 Å². The van der Waals surface area contributed by atoms with Crippen LogP contribution in [0.5, 0.6) is 0 Å². The second kappa shape index (κ2) is 5.35. The summed E-state index contributed by atoms with van der Waals surface area (Å²) in [4.78, 5) is 27.6. The van der Waals surface area contributed by atoms with Gasteiger partial charge in [0.15, 0.2) is 5.52 Å². The predicted molar refractivity (Wildman–Crippen MR) is 78.6 cm³/mol. The summed E-state index contributed by atoms with van der Waals surface area (Å²) >= 11 is 0. The van der Waals surface area contributed by atoms with E-state index in [2.05, 4.69) is 4.98 Å². The van der Waals surface area contributed by atoms with Crippen LogP contribution in [0.1, 0.15) is 12.6 Å². The van der Waals surface area contributed by atoms with E-state index in [0.29, 0.717) is 16.8 Å². The van der Waals surface area contributed by atoms with Crippen LogP contribution in [-0.2, 0) is 4.79 Å². The van der Waals surface area contributed by atoms with E-state index in [1.165, 1.54) is 6.07 Å². The van der Waals surface area contributed by atoms with Gasteiger partial charge in [-0.25, -0.2) is 9.78 Å². The molecule has 0 aliphatic carbocycles. The Morgan fingerprint density at radius 1 is 1.48 bits per heavy atom. The Morgan fingerprint density at radius 3 is 2.71 bits per heavy atom. The lowest BCUT2D eigenvalue weighted by molar-refractivity contribution is -0.383. The minimum absolute atomic E-state index is 0.0890. The molecule has 0 saturated carbocycles. The van der Waals surface area contributed by atoms with Crippen LogP contribution in [0.3, 0.4) is 0 Å². The van der Waals surface area contributed by atoms with E-state index in [-0.39, 0.29) is 11.2 Å². The van der Waals surface area contributed by atoms with E-state index in [1.807, 2.05) is 0 Å². The molecular formula is C14H15N3O4. The third-order valence-electron chi connectivity index (χ3n) is 3.44. The lowest BCUT2D eigenvalue weighted by atomic mass is 10.1. The molecule has 2 rings (SSSR count). The fourth-order valence-electron chi connectivity index (χ4n) is 2.15. The third kappa shape index (κ3) is 2.62. The highest BCUT2D eigenvalue weighted by molar-refractivity contribution is 5.98.